The van der Waals surface area contributed by atoms with Crippen LogP contribution in [-0.2, 0) is 11.3 Å². The molecule has 0 N–H and O–H groups in total. The first-order valence-electron chi connectivity index (χ1n) is 9.57. The fraction of sp³-hybridized carbons (Fsp3) is 0.667. The minimum absolute atomic E-state index is 0.348. The second-order valence-electron chi connectivity index (χ2n) is 8.13. The average Bonchev–Trinajstić information content (AvgIpc) is 2.88. The van der Waals surface area contributed by atoms with Crippen LogP contribution in [0.2, 0.25) is 0 Å². The maximum Gasteiger partial charge on any atom is 0.222 e. The third kappa shape index (κ3) is 4.00. The van der Waals surface area contributed by atoms with Crippen LogP contribution in [0.1, 0.15) is 55.7 Å². The van der Waals surface area contributed by atoms with E-state index in [0.717, 1.165) is 32.6 Å². The molecule has 2 aliphatic rings. The minimum atomic E-state index is 0.348. The van der Waals surface area contributed by atoms with E-state index < -0.39 is 0 Å². The summed E-state index contributed by atoms with van der Waals surface area (Å²) in [6.07, 6.45) is 5.37. The molecule has 3 nitrogen and oxygen atoms in total. The highest BCUT2D eigenvalue weighted by Gasteiger charge is 2.42. The molecule has 2 fully saturated rings. The molecule has 1 aromatic carbocycles. The van der Waals surface area contributed by atoms with Gasteiger partial charge in [-0.15, -0.1) is 0 Å². The van der Waals surface area contributed by atoms with Gasteiger partial charge in [0.2, 0.25) is 5.91 Å². The lowest BCUT2D eigenvalue weighted by Crippen LogP contribution is -2.47. The van der Waals surface area contributed by atoms with Crippen molar-refractivity contribution >= 4 is 5.91 Å². The van der Waals surface area contributed by atoms with Crippen molar-refractivity contribution < 1.29 is 4.79 Å². The van der Waals surface area contributed by atoms with Gasteiger partial charge in [-0.2, -0.15) is 0 Å². The first kappa shape index (κ1) is 17.5. The zero-order valence-electron chi connectivity index (χ0n) is 15.6. The van der Waals surface area contributed by atoms with Gasteiger partial charge < -0.3 is 4.90 Å². The average molecular weight is 329 g/mol. The van der Waals surface area contributed by atoms with Crippen LogP contribution in [0, 0.1) is 19.3 Å². The summed E-state index contributed by atoms with van der Waals surface area (Å²) in [5, 5.41) is 0. The van der Waals surface area contributed by atoms with Crippen LogP contribution in [0.4, 0.5) is 0 Å². The van der Waals surface area contributed by atoms with Crippen LogP contribution in [0.3, 0.4) is 0 Å². The Balaban J connectivity index is 1.62. The minimum Gasteiger partial charge on any atom is -0.342 e. The molecule has 0 aromatic heterocycles. The molecule has 1 atom stereocenters. The van der Waals surface area contributed by atoms with Gasteiger partial charge in [-0.05, 0) is 51.6 Å². The molecule has 2 heterocycles. The summed E-state index contributed by atoms with van der Waals surface area (Å²) in [4.78, 5) is 17.0. The molecule has 0 saturated carbocycles. The summed E-state index contributed by atoms with van der Waals surface area (Å²) < 4.78 is 0. The van der Waals surface area contributed by atoms with Crippen LogP contribution in [-0.4, -0.2) is 41.9 Å². The highest BCUT2D eigenvalue weighted by molar-refractivity contribution is 5.76. The zero-order chi connectivity index (χ0) is 17.2. The topological polar surface area (TPSA) is 23.6 Å². The maximum absolute atomic E-state index is 12.3. The van der Waals surface area contributed by atoms with Gasteiger partial charge in [-0.1, -0.05) is 36.2 Å². The number of piperidine rings is 1. The smallest absolute Gasteiger partial charge is 0.222 e. The number of aryl methyl sites for hydroxylation is 2. The third-order valence-corrected chi connectivity index (χ3v) is 5.68. The van der Waals surface area contributed by atoms with Crippen molar-refractivity contribution in [2.75, 3.05) is 26.2 Å². The number of nitrogens with zero attached hydrogens (tertiary/aromatic N) is 2. The maximum atomic E-state index is 12.3. The van der Waals surface area contributed by atoms with Crippen LogP contribution in [0.5, 0.6) is 0 Å². The van der Waals surface area contributed by atoms with Crippen LogP contribution < -0.4 is 0 Å². The molecule has 2 aliphatic heterocycles. The van der Waals surface area contributed by atoms with Gasteiger partial charge in [-0.25, -0.2) is 0 Å². The highest BCUT2D eigenvalue weighted by Crippen LogP contribution is 2.39. The summed E-state index contributed by atoms with van der Waals surface area (Å²) in [6.45, 7) is 11.8. The molecule has 24 heavy (non-hydrogen) atoms. The molecule has 0 bridgehead atoms. The lowest BCUT2D eigenvalue weighted by atomic mass is 9.79. The number of carbonyl (C=O) groups is 1. The predicted molar refractivity (Wildman–Crippen MR) is 99.0 cm³/mol. The fourth-order valence-corrected chi connectivity index (χ4v) is 4.71. The summed E-state index contributed by atoms with van der Waals surface area (Å²) in [5.41, 5.74) is 4.49. The third-order valence-electron chi connectivity index (χ3n) is 5.68. The Morgan fingerprint density at radius 1 is 1.08 bits per heavy atom. The van der Waals surface area contributed by atoms with Crippen molar-refractivity contribution in [1.29, 1.82) is 0 Å². The first-order valence-corrected chi connectivity index (χ1v) is 9.57. The Morgan fingerprint density at radius 3 is 2.54 bits per heavy atom. The van der Waals surface area contributed by atoms with E-state index in [-0.39, 0.29) is 0 Å². The molecule has 132 valence electrons. The van der Waals surface area contributed by atoms with Gasteiger partial charge in [0.25, 0.3) is 0 Å². The van der Waals surface area contributed by atoms with Gasteiger partial charge in [0.15, 0.2) is 0 Å². The molecule has 0 unspecified atom stereocenters. The van der Waals surface area contributed by atoms with E-state index in [0.29, 0.717) is 17.7 Å². The quantitative estimate of drug-likeness (QED) is 0.836. The Hall–Kier alpha value is -1.35. The summed E-state index contributed by atoms with van der Waals surface area (Å²) in [5.74, 6) is 0.365. The number of rotatable bonds is 4. The number of likely N-dealkylation sites (tertiary alicyclic amines) is 2. The second kappa shape index (κ2) is 7.26. The molecule has 0 aliphatic carbocycles. The van der Waals surface area contributed by atoms with Crippen molar-refractivity contribution in [1.82, 2.24) is 9.80 Å². The first-order chi connectivity index (χ1) is 11.5. The monoisotopic (exact) mass is 328 g/mol. The summed E-state index contributed by atoms with van der Waals surface area (Å²) in [6, 6.07) is 6.87. The molecular weight excluding hydrogens is 296 g/mol. The molecule has 0 radical (unpaired) electrons. The molecule has 3 heteroatoms. The van der Waals surface area contributed by atoms with E-state index >= 15 is 0 Å². The van der Waals surface area contributed by atoms with E-state index in [1.54, 1.807) is 0 Å². The van der Waals surface area contributed by atoms with Gasteiger partial charge in [0, 0.05) is 38.0 Å². The van der Waals surface area contributed by atoms with Gasteiger partial charge >= 0.3 is 0 Å². The Kier molecular flexibility index (Phi) is 5.29. The van der Waals surface area contributed by atoms with Gasteiger partial charge in [0.1, 0.15) is 0 Å². The van der Waals surface area contributed by atoms with Crippen LogP contribution >= 0.6 is 0 Å². The van der Waals surface area contributed by atoms with E-state index in [4.69, 9.17) is 0 Å². The van der Waals surface area contributed by atoms with Crippen molar-refractivity contribution in [3.8, 4) is 0 Å². The van der Waals surface area contributed by atoms with E-state index in [2.05, 4.69) is 48.8 Å². The Morgan fingerprint density at radius 2 is 1.83 bits per heavy atom. The number of carbonyl (C=O) groups excluding carboxylic acids is 1. The predicted octanol–water partition coefficient (Wildman–Crippen LogP) is 3.92. The van der Waals surface area contributed by atoms with Crippen molar-refractivity contribution in [3.63, 3.8) is 0 Å². The highest BCUT2D eigenvalue weighted by atomic mass is 16.2. The lowest BCUT2D eigenvalue weighted by molar-refractivity contribution is -0.134. The summed E-state index contributed by atoms with van der Waals surface area (Å²) >= 11 is 0. The van der Waals surface area contributed by atoms with E-state index in [1.165, 1.54) is 42.5 Å². The van der Waals surface area contributed by atoms with Crippen molar-refractivity contribution in [3.05, 3.63) is 34.9 Å². The standard InChI is InChI=1S/C21H32N2O/c1-4-6-20(24)23-9-5-7-21(16-23)8-10-22(15-21)14-19-12-17(2)11-18(3)13-19/h11-13H,4-10,14-16H2,1-3H3/t21-/m1/s1. The number of amides is 1. The fourth-order valence-electron chi connectivity index (χ4n) is 4.71. The molecular formula is C21H32N2O. The molecule has 3 rings (SSSR count). The summed E-state index contributed by atoms with van der Waals surface area (Å²) in [7, 11) is 0. The normalized spacial score (nSPS) is 24.7. The number of hydrogen-bond acceptors (Lipinski definition) is 2. The van der Waals surface area contributed by atoms with E-state index in [9.17, 15) is 4.79 Å². The second-order valence-corrected chi connectivity index (χ2v) is 8.13. The Labute approximate surface area is 147 Å². The number of hydrogen-bond donors (Lipinski definition) is 0. The van der Waals surface area contributed by atoms with Crippen LogP contribution in [0.25, 0.3) is 0 Å². The lowest BCUT2D eigenvalue weighted by Gasteiger charge is -2.40. The van der Waals surface area contributed by atoms with Crippen molar-refractivity contribution in [2.45, 2.75) is 59.4 Å². The van der Waals surface area contributed by atoms with Gasteiger partial charge in [-0.3, -0.25) is 9.69 Å². The van der Waals surface area contributed by atoms with Crippen LogP contribution in [0.15, 0.2) is 18.2 Å². The zero-order valence-corrected chi connectivity index (χ0v) is 15.6. The Bertz CT molecular complexity index is 577. The molecule has 1 spiro atoms. The largest absolute Gasteiger partial charge is 0.342 e. The SMILES string of the molecule is CCCC(=O)N1CCC[C@]2(CCN(Cc3cc(C)cc(C)c3)C2)C1. The van der Waals surface area contributed by atoms with Crippen molar-refractivity contribution in [2.24, 2.45) is 5.41 Å². The molecule has 1 amide bonds. The van der Waals surface area contributed by atoms with E-state index in [1.807, 2.05) is 0 Å². The van der Waals surface area contributed by atoms with Gasteiger partial charge in [0.05, 0.1) is 0 Å². The molecule has 2 saturated heterocycles. The number of benzene rings is 1. The molecule has 1 aromatic rings.